The molecule has 2 aliphatic carbocycles. The maximum Gasteiger partial charge on any atom is 0.254 e. The Morgan fingerprint density at radius 1 is 0.761 bits per heavy atom. The van der Waals surface area contributed by atoms with Gasteiger partial charge in [0.15, 0.2) is 5.78 Å². The lowest BCUT2D eigenvalue weighted by Gasteiger charge is -2.38. The summed E-state index contributed by atoms with van der Waals surface area (Å²) in [6, 6.07) is -2.28. The molecule has 2 aliphatic heterocycles. The maximum absolute atomic E-state index is 13.5. The molecule has 3 amide bonds. The van der Waals surface area contributed by atoms with Crippen molar-refractivity contribution in [3.05, 3.63) is 0 Å². The maximum atomic E-state index is 13.5. The van der Waals surface area contributed by atoms with Crippen LogP contribution in [-0.2, 0) is 28.7 Å². The zero-order valence-electron chi connectivity index (χ0n) is 28.1. The van der Waals surface area contributed by atoms with Crippen molar-refractivity contribution in [3.63, 3.8) is 0 Å². The minimum atomic E-state index is -1.36. The molecule has 0 aromatic carbocycles. The number of likely N-dealkylation sites (tertiary alicyclic amines) is 2. The molecule has 2 saturated heterocycles. The monoisotopic (exact) mass is 667 g/mol. The lowest BCUT2D eigenvalue weighted by molar-refractivity contribution is -0.134. The first-order chi connectivity index (χ1) is 22.0. The van der Waals surface area contributed by atoms with Crippen molar-refractivity contribution < 1.29 is 28.7 Å². The van der Waals surface area contributed by atoms with Gasteiger partial charge in [-0.3, -0.25) is 29.0 Å². The number of Topliss-reactive ketones (excluding diaryl/α,β-unsaturated/α-hetero) is 1. The smallest absolute Gasteiger partial charge is 0.254 e. The van der Waals surface area contributed by atoms with Crippen molar-refractivity contribution in [1.29, 1.82) is 0 Å². The zero-order valence-corrected chi connectivity index (χ0v) is 28.8. The van der Waals surface area contributed by atoms with E-state index in [1.807, 2.05) is 13.8 Å². The van der Waals surface area contributed by atoms with Crippen molar-refractivity contribution in [2.45, 2.75) is 127 Å². The molecule has 0 spiro atoms. The number of nitrogens with one attached hydrogen (secondary N) is 3. The van der Waals surface area contributed by atoms with Gasteiger partial charge in [-0.05, 0) is 78.6 Å². The lowest BCUT2D eigenvalue weighted by atomic mass is 9.77. The highest BCUT2D eigenvalue weighted by Gasteiger charge is 2.40. The number of amides is 3. The van der Waals surface area contributed by atoms with E-state index in [9.17, 15) is 19.2 Å². The van der Waals surface area contributed by atoms with Gasteiger partial charge < -0.3 is 25.4 Å². The lowest BCUT2D eigenvalue weighted by Crippen LogP contribution is -2.55. The van der Waals surface area contributed by atoms with Crippen LogP contribution in [0.2, 0.25) is 0 Å². The summed E-state index contributed by atoms with van der Waals surface area (Å²) in [5, 5.41) is 17.7. The number of halogens is 1. The second-order valence-corrected chi connectivity index (χ2v) is 14.1. The Morgan fingerprint density at radius 2 is 1.26 bits per heavy atom. The second kappa shape index (κ2) is 17.3. The van der Waals surface area contributed by atoms with Crippen LogP contribution in [-0.4, -0.2) is 122 Å². The van der Waals surface area contributed by atoms with Crippen LogP contribution in [0, 0.1) is 11.8 Å². The van der Waals surface area contributed by atoms with E-state index in [1.54, 1.807) is 14.2 Å². The van der Waals surface area contributed by atoms with Crippen LogP contribution in [0.15, 0.2) is 10.2 Å². The number of carbonyl (C=O) groups is 4. The van der Waals surface area contributed by atoms with Gasteiger partial charge in [0.1, 0.15) is 0 Å². The third kappa shape index (κ3) is 9.68. The molecule has 0 radical (unpaired) electrons. The molecular weight excluding hydrogens is 614 g/mol. The van der Waals surface area contributed by atoms with Gasteiger partial charge in [0.2, 0.25) is 17.9 Å². The average Bonchev–Trinajstić information content (AvgIpc) is 3.77. The van der Waals surface area contributed by atoms with Crippen LogP contribution in [0.4, 0.5) is 0 Å². The third-order valence-corrected chi connectivity index (χ3v) is 10.7. The fourth-order valence-corrected chi connectivity index (χ4v) is 7.77. The van der Waals surface area contributed by atoms with E-state index >= 15 is 0 Å². The molecule has 2 heterocycles. The molecule has 46 heavy (non-hydrogen) atoms. The molecule has 4 fully saturated rings. The third-order valence-electron chi connectivity index (χ3n) is 10.2. The molecule has 3 N–H and O–H groups in total. The van der Waals surface area contributed by atoms with Crippen molar-refractivity contribution in [1.82, 2.24) is 25.8 Å². The van der Waals surface area contributed by atoms with Crippen LogP contribution in [0.1, 0.15) is 78.6 Å². The van der Waals surface area contributed by atoms with E-state index in [1.165, 1.54) is 6.92 Å². The highest BCUT2D eigenvalue weighted by atomic mass is 35.5. The fraction of sp³-hybridized carbons (Fsp3) is 0.875. The number of hydrogen-bond donors (Lipinski definition) is 3. The SMILES string of the molecule is COC1CC(NC(=O)C(N=NC2CC(C(=O)NC(C)N3CCCC3)CC(C(=O)NC(C)N3CCCC3)C2)C(C)=O)C(OC)CC1Cl. The van der Waals surface area contributed by atoms with Crippen molar-refractivity contribution in [3.8, 4) is 0 Å². The van der Waals surface area contributed by atoms with Gasteiger partial charge in [-0.15, -0.1) is 11.6 Å². The number of azo groups is 1. The summed E-state index contributed by atoms with van der Waals surface area (Å²) in [6.07, 6.45) is 5.69. The van der Waals surface area contributed by atoms with Gasteiger partial charge in [-0.2, -0.15) is 10.2 Å². The van der Waals surface area contributed by atoms with E-state index in [2.05, 4.69) is 36.0 Å². The van der Waals surface area contributed by atoms with Crippen LogP contribution < -0.4 is 16.0 Å². The van der Waals surface area contributed by atoms with E-state index in [0.717, 1.165) is 51.9 Å². The average molecular weight is 668 g/mol. The van der Waals surface area contributed by atoms with E-state index in [0.29, 0.717) is 32.1 Å². The molecule has 14 heteroatoms. The van der Waals surface area contributed by atoms with Crippen molar-refractivity contribution in [2.24, 2.45) is 22.1 Å². The van der Waals surface area contributed by atoms with Crippen LogP contribution in [0.5, 0.6) is 0 Å². The zero-order chi connectivity index (χ0) is 33.4. The Hall–Kier alpha value is -2.19. The summed E-state index contributed by atoms with van der Waals surface area (Å²) in [6.45, 7) is 9.07. The Balaban J connectivity index is 1.45. The first-order valence-corrected chi connectivity index (χ1v) is 17.4. The van der Waals surface area contributed by atoms with Gasteiger partial charge in [-0.1, -0.05) is 0 Å². The number of nitrogens with zero attached hydrogens (tertiary/aromatic N) is 4. The largest absolute Gasteiger partial charge is 0.380 e. The Morgan fingerprint density at radius 3 is 1.72 bits per heavy atom. The quantitative estimate of drug-likeness (QED) is 0.154. The molecule has 0 bridgehead atoms. The molecule has 4 aliphatic rings. The first-order valence-electron chi connectivity index (χ1n) is 17.0. The predicted molar refractivity (Wildman–Crippen MR) is 173 cm³/mol. The highest BCUT2D eigenvalue weighted by Crippen LogP contribution is 2.33. The Labute approximate surface area is 278 Å². The Kier molecular flexibility index (Phi) is 13.8. The molecule has 0 aromatic rings. The summed E-state index contributed by atoms with van der Waals surface area (Å²) in [5.41, 5.74) is 0. The summed E-state index contributed by atoms with van der Waals surface area (Å²) in [4.78, 5) is 57.5. The summed E-state index contributed by atoms with van der Waals surface area (Å²) < 4.78 is 11.1. The van der Waals surface area contributed by atoms with Crippen LogP contribution in [0.25, 0.3) is 0 Å². The number of alkyl halides is 1. The first kappa shape index (κ1) is 36.6. The van der Waals surface area contributed by atoms with Gasteiger partial charge in [0, 0.05) is 52.2 Å². The standard InChI is InChI=1S/C32H54ClN7O6/c1-19(41)29(32(44)36-26-18-27(45-4)25(33)17-28(26)46-5)38-37-24-15-22(30(42)34-20(2)39-10-6-7-11-39)14-23(16-24)31(43)35-21(3)40-12-8-9-13-40/h20-29H,6-18H2,1-5H3,(H,34,42)(H,35,43)(H,36,44). The molecule has 13 nitrogen and oxygen atoms in total. The van der Waals surface area contributed by atoms with Gasteiger partial charge in [0.25, 0.3) is 5.91 Å². The number of hydrogen-bond acceptors (Lipinski definition) is 10. The topological polar surface area (TPSA) is 154 Å². The summed E-state index contributed by atoms with van der Waals surface area (Å²) >= 11 is 6.43. The summed E-state index contributed by atoms with van der Waals surface area (Å²) in [7, 11) is 3.13. The number of rotatable bonds is 13. The molecule has 260 valence electrons. The number of ketones is 1. The van der Waals surface area contributed by atoms with Crippen molar-refractivity contribution in [2.75, 3.05) is 40.4 Å². The van der Waals surface area contributed by atoms with Crippen molar-refractivity contribution >= 4 is 35.1 Å². The minimum Gasteiger partial charge on any atom is -0.380 e. The molecule has 4 rings (SSSR count). The van der Waals surface area contributed by atoms with Gasteiger partial charge in [-0.25, -0.2) is 0 Å². The molecule has 2 saturated carbocycles. The fourth-order valence-electron chi connectivity index (χ4n) is 7.38. The molecule has 9 atom stereocenters. The predicted octanol–water partition coefficient (Wildman–Crippen LogP) is 2.21. The summed E-state index contributed by atoms with van der Waals surface area (Å²) in [5.74, 6) is -2.17. The minimum absolute atomic E-state index is 0.104. The van der Waals surface area contributed by atoms with Crippen LogP contribution in [0.3, 0.4) is 0 Å². The second-order valence-electron chi connectivity index (χ2n) is 13.5. The molecule has 9 unspecified atom stereocenters. The number of ether oxygens (including phenoxy) is 2. The molecular formula is C32H54ClN7O6. The normalized spacial score (nSPS) is 33.0. The van der Waals surface area contributed by atoms with Crippen LogP contribution >= 0.6 is 11.6 Å². The molecule has 0 aromatic heterocycles. The van der Waals surface area contributed by atoms with E-state index in [4.69, 9.17) is 21.1 Å². The van der Waals surface area contributed by atoms with Gasteiger partial charge >= 0.3 is 0 Å². The van der Waals surface area contributed by atoms with E-state index in [-0.39, 0.29) is 41.7 Å². The number of methoxy groups -OCH3 is 2. The Bertz CT molecular complexity index is 1040. The highest BCUT2D eigenvalue weighted by molar-refractivity contribution is 6.21. The van der Waals surface area contributed by atoms with E-state index < -0.39 is 41.7 Å². The number of carbonyl (C=O) groups excluding carboxylic acids is 4. The van der Waals surface area contributed by atoms with Gasteiger partial charge in [0.05, 0.1) is 42.0 Å².